The van der Waals surface area contributed by atoms with Gasteiger partial charge in [0.25, 0.3) is 0 Å². The van der Waals surface area contributed by atoms with Crippen LogP contribution in [0.4, 0.5) is 0 Å². The first-order valence-electron chi connectivity index (χ1n) is 9.36. The molecule has 0 unspecified atom stereocenters. The Morgan fingerprint density at radius 1 is 1.10 bits per heavy atom. The van der Waals surface area contributed by atoms with Gasteiger partial charge in [-0.3, -0.25) is 0 Å². The van der Waals surface area contributed by atoms with Crippen molar-refractivity contribution in [1.82, 2.24) is 4.90 Å². The number of carbonyl (C=O) groups excluding carboxylic acids is 2. The minimum absolute atomic E-state index is 0.0113. The highest BCUT2D eigenvalue weighted by Crippen LogP contribution is 2.43. The van der Waals surface area contributed by atoms with Crippen LogP contribution in [-0.4, -0.2) is 48.3 Å². The van der Waals surface area contributed by atoms with E-state index in [4.69, 9.17) is 25.8 Å². The van der Waals surface area contributed by atoms with Crippen LogP contribution in [0.5, 0.6) is 11.5 Å². The molecular weight excluding hydrogens is 398 g/mol. The Morgan fingerprint density at radius 3 is 2.03 bits per heavy atom. The molecule has 7 nitrogen and oxygen atoms in total. The molecule has 8 heteroatoms. The first kappa shape index (κ1) is 22.6. The largest absolute Gasteiger partial charge is 0.503 e. The Hall–Kier alpha value is -2.67. The highest BCUT2D eigenvalue weighted by atomic mass is 35.5. The number of nitrogens with zero attached hydrogens (tertiary/aromatic N) is 1. The first-order chi connectivity index (χ1) is 13.7. The zero-order valence-electron chi connectivity index (χ0n) is 17.2. The Bertz CT molecular complexity index is 810. The van der Waals surface area contributed by atoms with Crippen LogP contribution in [0.2, 0.25) is 5.02 Å². The third kappa shape index (κ3) is 4.85. The molecule has 158 valence electrons. The van der Waals surface area contributed by atoms with E-state index in [2.05, 4.69) is 0 Å². The second-order valence-electron chi connectivity index (χ2n) is 6.64. The normalized spacial score (nSPS) is 14.4. The van der Waals surface area contributed by atoms with E-state index in [1.54, 1.807) is 31.1 Å². The lowest BCUT2D eigenvalue weighted by Gasteiger charge is -2.32. The molecule has 1 N–H and O–H groups in total. The molecule has 1 aliphatic heterocycles. The standard InChI is InChI=1S/C21H26ClNO6/c1-6-28-20(25)14-10-23(12(3)4)11-15(21(26)29-7-2)18(14)13-8-16(22)19(24)17(9-13)27-5/h8-12,18,24H,6-7H2,1-5H3. The molecule has 1 aromatic rings. The number of phenols is 1. The van der Waals surface area contributed by atoms with E-state index in [-0.39, 0.29) is 46.9 Å². The maximum atomic E-state index is 12.8. The van der Waals surface area contributed by atoms with Crippen molar-refractivity contribution in [3.05, 3.63) is 46.3 Å². The molecule has 0 saturated carbocycles. The summed E-state index contributed by atoms with van der Waals surface area (Å²) in [6.07, 6.45) is 3.31. The molecule has 0 aliphatic carbocycles. The van der Waals surface area contributed by atoms with Gasteiger partial charge in [-0.15, -0.1) is 0 Å². The van der Waals surface area contributed by atoms with Crippen LogP contribution in [0.1, 0.15) is 39.2 Å². The van der Waals surface area contributed by atoms with Crippen molar-refractivity contribution in [1.29, 1.82) is 0 Å². The topological polar surface area (TPSA) is 85.3 Å². The van der Waals surface area contributed by atoms with Crippen molar-refractivity contribution >= 4 is 23.5 Å². The number of ether oxygens (including phenoxy) is 3. The van der Waals surface area contributed by atoms with Crippen molar-refractivity contribution < 1.29 is 28.9 Å². The smallest absolute Gasteiger partial charge is 0.336 e. The minimum Gasteiger partial charge on any atom is -0.503 e. The number of methoxy groups -OCH3 is 1. The molecular formula is C21H26ClNO6. The number of rotatable bonds is 7. The summed E-state index contributed by atoms with van der Waals surface area (Å²) in [5.41, 5.74) is 1.01. The third-order valence-corrected chi connectivity index (χ3v) is 4.71. The summed E-state index contributed by atoms with van der Waals surface area (Å²) in [5.74, 6) is -2.00. The summed E-state index contributed by atoms with van der Waals surface area (Å²) >= 11 is 6.16. The molecule has 1 aliphatic rings. The van der Waals surface area contributed by atoms with Crippen LogP contribution in [0, 0.1) is 0 Å². The quantitative estimate of drug-likeness (QED) is 0.668. The highest BCUT2D eigenvalue weighted by Gasteiger charge is 2.36. The Morgan fingerprint density at radius 2 is 1.62 bits per heavy atom. The van der Waals surface area contributed by atoms with E-state index in [9.17, 15) is 14.7 Å². The fourth-order valence-corrected chi connectivity index (χ4v) is 3.24. The van der Waals surface area contributed by atoms with Crippen molar-refractivity contribution in [2.24, 2.45) is 0 Å². The number of phenolic OH excluding ortho intramolecular Hbond substituents is 1. The molecule has 1 aromatic carbocycles. The van der Waals surface area contributed by atoms with E-state index in [1.807, 2.05) is 13.8 Å². The summed E-state index contributed by atoms with van der Waals surface area (Å²) in [5, 5.41) is 10.1. The fourth-order valence-electron chi connectivity index (χ4n) is 3.02. The summed E-state index contributed by atoms with van der Waals surface area (Å²) in [6.45, 7) is 7.64. The molecule has 0 amide bonds. The predicted molar refractivity (Wildman–Crippen MR) is 109 cm³/mol. The zero-order valence-corrected chi connectivity index (χ0v) is 17.9. The molecule has 1 heterocycles. The zero-order chi connectivity index (χ0) is 21.7. The lowest BCUT2D eigenvalue weighted by molar-refractivity contribution is -0.139. The van der Waals surface area contributed by atoms with Crippen molar-refractivity contribution in [2.45, 2.75) is 39.7 Å². The van der Waals surface area contributed by atoms with Gasteiger partial charge in [0.1, 0.15) is 0 Å². The van der Waals surface area contributed by atoms with E-state index in [1.165, 1.54) is 19.2 Å². The van der Waals surface area contributed by atoms with Gasteiger partial charge in [-0.2, -0.15) is 0 Å². The SMILES string of the molecule is CCOC(=O)C1=CN(C(C)C)C=C(C(=O)OCC)C1c1cc(Cl)c(O)c(OC)c1. The van der Waals surface area contributed by atoms with Gasteiger partial charge in [-0.1, -0.05) is 11.6 Å². The van der Waals surface area contributed by atoms with Gasteiger partial charge < -0.3 is 24.2 Å². The third-order valence-electron chi connectivity index (χ3n) is 4.42. The minimum atomic E-state index is -0.796. The lowest BCUT2D eigenvalue weighted by Crippen LogP contribution is -2.32. The van der Waals surface area contributed by atoms with Gasteiger partial charge in [0.15, 0.2) is 11.5 Å². The Balaban J connectivity index is 2.71. The summed E-state index contributed by atoms with van der Waals surface area (Å²) in [7, 11) is 1.39. The molecule has 0 aromatic heterocycles. The van der Waals surface area contributed by atoms with E-state index < -0.39 is 17.9 Å². The van der Waals surface area contributed by atoms with Gasteiger partial charge in [0, 0.05) is 18.4 Å². The van der Waals surface area contributed by atoms with Crippen LogP contribution >= 0.6 is 11.6 Å². The molecule has 0 bridgehead atoms. The van der Waals surface area contributed by atoms with Gasteiger partial charge in [0.05, 0.1) is 42.4 Å². The Kier molecular flexibility index (Phi) is 7.56. The number of benzene rings is 1. The maximum absolute atomic E-state index is 12.8. The van der Waals surface area contributed by atoms with Crippen molar-refractivity contribution in [3.63, 3.8) is 0 Å². The van der Waals surface area contributed by atoms with Crippen LogP contribution in [0.15, 0.2) is 35.7 Å². The van der Waals surface area contributed by atoms with Crippen LogP contribution in [-0.2, 0) is 19.1 Å². The van der Waals surface area contributed by atoms with E-state index in [0.29, 0.717) is 5.56 Å². The molecule has 2 rings (SSSR count). The number of halogens is 1. The molecule has 0 saturated heterocycles. The van der Waals surface area contributed by atoms with Gasteiger partial charge in [-0.25, -0.2) is 9.59 Å². The summed E-state index contributed by atoms with van der Waals surface area (Å²) in [4.78, 5) is 27.3. The lowest BCUT2D eigenvalue weighted by atomic mass is 9.83. The average molecular weight is 424 g/mol. The highest BCUT2D eigenvalue weighted by molar-refractivity contribution is 6.32. The molecule has 0 spiro atoms. The second kappa shape index (κ2) is 9.69. The van der Waals surface area contributed by atoms with Gasteiger partial charge in [-0.05, 0) is 45.4 Å². The number of esters is 2. The molecule has 29 heavy (non-hydrogen) atoms. The van der Waals surface area contributed by atoms with Crippen molar-refractivity contribution in [3.8, 4) is 11.5 Å². The summed E-state index contributed by atoms with van der Waals surface area (Å²) in [6, 6.07) is 3.02. The fraction of sp³-hybridized carbons (Fsp3) is 0.429. The monoisotopic (exact) mass is 423 g/mol. The van der Waals surface area contributed by atoms with Crippen LogP contribution in [0.3, 0.4) is 0 Å². The number of hydrogen-bond donors (Lipinski definition) is 1. The molecule has 0 fully saturated rings. The van der Waals surface area contributed by atoms with Crippen molar-refractivity contribution in [2.75, 3.05) is 20.3 Å². The predicted octanol–water partition coefficient (Wildman–Crippen LogP) is 3.76. The van der Waals surface area contributed by atoms with E-state index in [0.717, 1.165) is 0 Å². The molecule has 0 atom stereocenters. The maximum Gasteiger partial charge on any atom is 0.336 e. The summed E-state index contributed by atoms with van der Waals surface area (Å²) < 4.78 is 15.7. The second-order valence-corrected chi connectivity index (χ2v) is 7.04. The Labute approximate surface area is 175 Å². The van der Waals surface area contributed by atoms with Crippen LogP contribution in [0.25, 0.3) is 0 Å². The average Bonchev–Trinajstić information content (AvgIpc) is 2.69. The number of hydrogen-bond acceptors (Lipinski definition) is 7. The molecule has 0 radical (unpaired) electrons. The van der Waals surface area contributed by atoms with Gasteiger partial charge in [0.2, 0.25) is 0 Å². The van der Waals surface area contributed by atoms with E-state index >= 15 is 0 Å². The number of carbonyl (C=O) groups is 2. The first-order valence-corrected chi connectivity index (χ1v) is 9.74. The van der Waals surface area contributed by atoms with Gasteiger partial charge >= 0.3 is 11.9 Å². The number of aromatic hydroxyl groups is 1. The van der Waals surface area contributed by atoms with Crippen LogP contribution < -0.4 is 4.74 Å².